The molecule has 60 valence electrons. The minimum Gasteiger partial charge on any atom is -0.317 e. The fourth-order valence-electron chi connectivity index (χ4n) is 1.99. The van der Waals surface area contributed by atoms with E-state index in [1.165, 1.54) is 19.3 Å². The first-order valence-corrected chi connectivity index (χ1v) is 4.43. The van der Waals surface area contributed by atoms with Gasteiger partial charge in [-0.15, -0.1) is 0 Å². The molecule has 0 heterocycles. The zero-order chi connectivity index (χ0) is 7.56. The van der Waals surface area contributed by atoms with Gasteiger partial charge >= 0.3 is 0 Å². The van der Waals surface area contributed by atoms with Crippen LogP contribution in [0, 0.1) is 11.8 Å². The van der Waals surface area contributed by atoms with Gasteiger partial charge in [-0.05, 0) is 25.3 Å². The third-order valence-electron chi connectivity index (χ3n) is 3.08. The first-order valence-electron chi connectivity index (χ1n) is 4.43. The van der Waals surface area contributed by atoms with E-state index in [-0.39, 0.29) is 0 Å². The molecule has 0 bridgehead atoms. The Kier molecular flexibility index (Phi) is 2.72. The molecule has 0 aromatic carbocycles. The summed E-state index contributed by atoms with van der Waals surface area (Å²) in [6.07, 6.45) is 4.22. The Morgan fingerprint density at radius 1 is 1.20 bits per heavy atom. The van der Waals surface area contributed by atoms with E-state index in [2.05, 4.69) is 26.2 Å². The van der Waals surface area contributed by atoms with Gasteiger partial charge in [0.2, 0.25) is 0 Å². The largest absolute Gasteiger partial charge is 0.317 e. The average Bonchev–Trinajstić information content (AvgIpc) is 1.95. The van der Waals surface area contributed by atoms with Crippen molar-refractivity contribution in [2.75, 3.05) is 7.05 Å². The van der Waals surface area contributed by atoms with Gasteiger partial charge in [-0.25, -0.2) is 0 Å². The lowest BCUT2D eigenvalue weighted by molar-refractivity contribution is 0.215. The summed E-state index contributed by atoms with van der Waals surface area (Å²) < 4.78 is 0. The van der Waals surface area contributed by atoms with E-state index in [9.17, 15) is 0 Å². The summed E-state index contributed by atoms with van der Waals surface area (Å²) >= 11 is 0. The summed E-state index contributed by atoms with van der Waals surface area (Å²) in [5.74, 6) is 1.80. The topological polar surface area (TPSA) is 12.0 Å². The molecule has 1 heteroatoms. The highest BCUT2D eigenvalue weighted by atomic mass is 14.9. The molecule has 1 fully saturated rings. The van der Waals surface area contributed by atoms with Crippen molar-refractivity contribution in [3.8, 4) is 0 Å². The van der Waals surface area contributed by atoms with E-state index in [1.54, 1.807) is 0 Å². The van der Waals surface area contributed by atoms with Crippen molar-refractivity contribution >= 4 is 0 Å². The smallest absolute Gasteiger partial charge is 0.00922 e. The number of hydrogen-bond donors (Lipinski definition) is 1. The third kappa shape index (κ3) is 1.51. The molecule has 1 saturated carbocycles. The van der Waals surface area contributed by atoms with Crippen LogP contribution >= 0.6 is 0 Å². The Balaban J connectivity index is 2.42. The Hall–Kier alpha value is -0.0400. The monoisotopic (exact) mass is 141 g/mol. The maximum atomic E-state index is 3.38. The second kappa shape index (κ2) is 3.38. The highest BCUT2D eigenvalue weighted by Gasteiger charge is 2.25. The van der Waals surface area contributed by atoms with Crippen LogP contribution in [0.2, 0.25) is 0 Å². The van der Waals surface area contributed by atoms with Gasteiger partial charge in [-0.2, -0.15) is 0 Å². The molecule has 3 atom stereocenters. The van der Waals surface area contributed by atoms with E-state index < -0.39 is 0 Å². The molecule has 10 heavy (non-hydrogen) atoms. The summed E-state index contributed by atoms with van der Waals surface area (Å²) in [6.45, 7) is 4.74. The molecule has 0 aliphatic heterocycles. The summed E-state index contributed by atoms with van der Waals surface area (Å²) in [5.41, 5.74) is 0. The van der Waals surface area contributed by atoms with Crippen molar-refractivity contribution in [2.45, 2.75) is 39.2 Å². The van der Waals surface area contributed by atoms with Crippen LogP contribution in [0.15, 0.2) is 0 Å². The maximum absolute atomic E-state index is 3.38. The lowest BCUT2D eigenvalue weighted by atomic mass is 9.78. The predicted octanol–water partition coefficient (Wildman–Crippen LogP) is 2.03. The van der Waals surface area contributed by atoms with Crippen LogP contribution < -0.4 is 5.32 Å². The molecule has 0 saturated heterocycles. The van der Waals surface area contributed by atoms with Gasteiger partial charge in [-0.3, -0.25) is 0 Å². The summed E-state index contributed by atoms with van der Waals surface area (Å²) in [4.78, 5) is 0. The third-order valence-corrected chi connectivity index (χ3v) is 3.08. The molecule has 3 unspecified atom stereocenters. The molecule has 1 N–H and O–H groups in total. The van der Waals surface area contributed by atoms with Crippen molar-refractivity contribution in [1.29, 1.82) is 0 Å². The summed E-state index contributed by atoms with van der Waals surface area (Å²) in [5, 5.41) is 3.38. The van der Waals surface area contributed by atoms with Crippen molar-refractivity contribution in [2.24, 2.45) is 11.8 Å². The molecule has 1 aliphatic carbocycles. The van der Waals surface area contributed by atoms with Crippen LogP contribution in [0.5, 0.6) is 0 Å². The zero-order valence-corrected chi connectivity index (χ0v) is 7.35. The second-order valence-electron chi connectivity index (χ2n) is 3.66. The van der Waals surface area contributed by atoms with Crippen LogP contribution in [0.3, 0.4) is 0 Å². The normalized spacial score (nSPS) is 41.7. The van der Waals surface area contributed by atoms with Crippen LogP contribution in [-0.4, -0.2) is 13.1 Å². The lowest BCUT2D eigenvalue weighted by Gasteiger charge is -2.33. The van der Waals surface area contributed by atoms with Gasteiger partial charge in [0, 0.05) is 6.04 Å². The maximum Gasteiger partial charge on any atom is 0.00922 e. The first-order chi connectivity index (χ1) is 4.75. The standard InChI is InChI=1S/C9H19N/c1-7-5-4-6-9(10-3)8(7)2/h7-10H,4-6H2,1-3H3. The minimum absolute atomic E-state index is 0.781. The van der Waals surface area contributed by atoms with Crippen molar-refractivity contribution in [3.63, 3.8) is 0 Å². The summed E-state index contributed by atoms with van der Waals surface area (Å²) in [7, 11) is 2.08. The molecule has 0 amide bonds. The molecular formula is C9H19N. The van der Waals surface area contributed by atoms with Gasteiger partial charge < -0.3 is 5.32 Å². The molecule has 0 spiro atoms. The van der Waals surface area contributed by atoms with Crippen LogP contribution in [-0.2, 0) is 0 Å². The van der Waals surface area contributed by atoms with Gasteiger partial charge in [0.15, 0.2) is 0 Å². The molecule has 1 aliphatic rings. The molecule has 0 aromatic heterocycles. The van der Waals surface area contributed by atoms with Crippen LogP contribution in [0.25, 0.3) is 0 Å². The van der Waals surface area contributed by atoms with E-state index in [4.69, 9.17) is 0 Å². The Morgan fingerprint density at radius 3 is 2.40 bits per heavy atom. The predicted molar refractivity (Wildman–Crippen MR) is 45.0 cm³/mol. The van der Waals surface area contributed by atoms with Crippen LogP contribution in [0.4, 0.5) is 0 Å². The Morgan fingerprint density at radius 2 is 1.90 bits per heavy atom. The molecular weight excluding hydrogens is 122 g/mol. The van der Waals surface area contributed by atoms with E-state index in [0.29, 0.717) is 0 Å². The molecule has 0 aromatic rings. The van der Waals surface area contributed by atoms with Crippen LogP contribution in [0.1, 0.15) is 33.1 Å². The van der Waals surface area contributed by atoms with Gasteiger partial charge in [0.05, 0.1) is 0 Å². The van der Waals surface area contributed by atoms with Crippen molar-refractivity contribution < 1.29 is 0 Å². The minimum atomic E-state index is 0.781. The highest BCUT2D eigenvalue weighted by molar-refractivity contribution is 4.80. The summed E-state index contributed by atoms with van der Waals surface area (Å²) in [6, 6.07) is 0.781. The van der Waals surface area contributed by atoms with Gasteiger partial charge in [0.1, 0.15) is 0 Å². The molecule has 1 nitrogen and oxygen atoms in total. The fraction of sp³-hybridized carbons (Fsp3) is 1.00. The SMILES string of the molecule is CNC1CCCC(C)C1C. The van der Waals surface area contributed by atoms with Gasteiger partial charge in [0.25, 0.3) is 0 Å². The number of nitrogens with one attached hydrogen (secondary N) is 1. The second-order valence-corrected chi connectivity index (χ2v) is 3.66. The Bertz CT molecular complexity index is 101. The quantitative estimate of drug-likeness (QED) is 0.589. The Labute approximate surface area is 64.2 Å². The van der Waals surface area contributed by atoms with Gasteiger partial charge in [-0.1, -0.05) is 26.7 Å². The molecule has 1 rings (SSSR count). The number of rotatable bonds is 1. The fourth-order valence-corrected chi connectivity index (χ4v) is 1.99. The molecule has 0 radical (unpaired) electrons. The lowest BCUT2D eigenvalue weighted by Crippen LogP contribution is -2.38. The van der Waals surface area contributed by atoms with E-state index in [1.807, 2.05) is 0 Å². The van der Waals surface area contributed by atoms with Crippen molar-refractivity contribution in [1.82, 2.24) is 5.32 Å². The van der Waals surface area contributed by atoms with E-state index >= 15 is 0 Å². The first kappa shape index (κ1) is 8.06. The highest BCUT2D eigenvalue weighted by Crippen LogP contribution is 2.28. The van der Waals surface area contributed by atoms with Crippen molar-refractivity contribution in [3.05, 3.63) is 0 Å². The van der Waals surface area contributed by atoms with E-state index in [0.717, 1.165) is 17.9 Å². The average molecular weight is 141 g/mol. The zero-order valence-electron chi connectivity index (χ0n) is 7.35. The number of hydrogen-bond acceptors (Lipinski definition) is 1.